The van der Waals surface area contributed by atoms with Gasteiger partial charge in [0.15, 0.2) is 5.82 Å². The number of para-hydroxylation sites is 1. The van der Waals surface area contributed by atoms with Gasteiger partial charge in [0.25, 0.3) is 0 Å². The summed E-state index contributed by atoms with van der Waals surface area (Å²) in [7, 11) is 0. The first kappa shape index (κ1) is 19.4. The van der Waals surface area contributed by atoms with Gasteiger partial charge in [-0.15, -0.1) is 0 Å². The summed E-state index contributed by atoms with van der Waals surface area (Å²) in [6.45, 7) is 2.04. The summed E-state index contributed by atoms with van der Waals surface area (Å²) < 4.78 is 21.0. The van der Waals surface area contributed by atoms with Crippen LogP contribution >= 0.6 is 0 Å². The second kappa shape index (κ2) is 8.59. The first-order valence-electron chi connectivity index (χ1n) is 9.71. The zero-order valence-corrected chi connectivity index (χ0v) is 16.5. The van der Waals surface area contributed by atoms with E-state index >= 15 is 4.39 Å². The first-order valence-corrected chi connectivity index (χ1v) is 9.71. The molecular formula is C26H19FN2O. The molecule has 0 saturated heterocycles. The fourth-order valence-corrected chi connectivity index (χ4v) is 3.28. The Morgan fingerprint density at radius 2 is 1.63 bits per heavy atom. The Morgan fingerprint density at radius 1 is 0.900 bits per heavy atom. The second-order valence-electron chi connectivity index (χ2n) is 6.81. The van der Waals surface area contributed by atoms with E-state index in [9.17, 15) is 5.26 Å². The van der Waals surface area contributed by atoms with E-state index in [1.807, 2.05) is 61.5 Å². The lowest BCUT2D eigenvalue weighted by molar-refractivity contribution is 0.483. The van der Waals surface area contributed by atoms with E-state index in [4.69, 9.17) is 4.74 Å². The molecule has 4 rings (SSSR count). The summed E-state index contributed by atoms with van der Waals surface area (Å²) in [5, 5.41) is 9.64. The van der Waals surface area contributed by atoms with E-state index in [0.29, 0.717) is 22.4 Å². The number of nitrogens with zero attached hydrogens (tertiary/aromatic N) is 2. The zero-order valence-electron chi connectivity index (χ0n) is 16.5. The Kier molecular flexibility index (Phi) is 5.54. The molecule has 0 fully saturated rings. The molecule has 0 aliphatic heterocycles. The van der Waals surface area contributed by atoms with Gasteiger partial charge in [0.2, 0.25) is 0 Å². The molecular weight excluding hydrogens is 375 g/mol. The van der Waals surface area contributed by atoms with Gasteiger partial charge >= 0.3 is 0 Å². The summed E-state index contributed by atoms with van der Waals surface area (Å²) >= 11 is 0. The third-order valence-electron chi connectivity index (χ3n) is 4.88. The van der Waals surface area contributed by atoms with E-state index in [1.54, 1.807) is 36.5 Å². The summed E-state index contributed by atoms with van der Waals surface area (Å²) in [6.07, 6.45) is 2.40. The van der Waals surface area contributed by atoms with Crippen molar-refractivity contribution in [3.8, 4) is 40.0 Å². The average molecular weight is 394 g/mol. The van der Waals surface area contributed by atoms with Crippen molar-refractivity contribution in [1.82, 2.24) is 4.98 Å². The highest BCUT2D eigenvalue weighted by molar-refractivity contribution is 5.74. The molecule has 3 aromatic carbocycles. The lowest BCUT2D eigenvalue weighted by Crippen LogP contribution is -1.98. The molecule has 1 heterocycles. The number of hydrogen-bond acceptors (Lipinski definition) is 3. The van der Waals surface area contributed by atoms with Crippen LogP contribution < -0.4 is 4.74 Å². The van der Waals surface area contributed by atoms with E-state index in [-0.39, 0.29) is 11.3 Å². The molecule has 0 amide bonds. The summed E-state index contributed by atoms with van der Waals surface area (Å²) in [5.74, 6) is 0.784. The maximum Gasteiger partial charge on any atom is 0.167 e. The number of halogens is 1. The van der Waals surface area contributed by atoms with Crippen molar-refractivity contribution in [3.05, 3.63) is 102 Å². The Bertz CT molecular complexity index is 1210. The minimum atomic E-state index is -0.604. The maximum absolute atomic E-state index is 15.2. The molecule has 0 bridgehead atoms. The number of hydrogen-bond donors (Lipinski definition) is 0. The van der Waals surface area contributed by atoms with Crippen LogP contribution in [0.4, 0.5) is 4.39 Å². The van der Waals surface area contributed by atoms with E-state index in [2.05, 4.69) is 4.98 Å². The SMILES string of the molecule is CCc1cccc(-c2ncc(-c3ccc(Oc4ccccc4)cc3)c(C#N)c2F)c1. The number of aryl methyl sites for hydroxylation is 1. The van der Waals surface area contributed by atoms with Crippen LogP contribution in [0.3, 0.4) is 0 Å². The minimum Gasteiger partial charge on any atom is -0.457 e. The quantitative estimate of drug-likeness (QED) is 0.375. The van der Waals surface area contributed by atoms with Gasteiger partial charge < -0.3 is 4.74 Å². The molecule has 0 N–H and O–H groups in total. The lowest BCUT2D eigenvalue weighted by Gasteiger charge is -2.11. The van der Waals surface area contributed by atoms with Gasteiger partial charge in [-0.3, -0.25) is 4.98 Å². The van der Waals surface area contributed by atoms with Crippen LogP contribution in [0.25, 0.3) is 22.4 Å². The summed E-state index contributed by atoms with van der Waals surface area (Å²) in [4.78, 5) is 4.34. The normalized spacial score (nSPS) is 10.4. The Morgan fingerprint density at radius 3 is 2.33 bits per heavy atom. The fourth-order valence-electron chi connectivity index (χ4n) is 3.28. The minimum absolute atomic E-state index is 0.0152. The molecule has 1 aromatic heterocycles. The van der Waals surface area contributed by atoms with Crippen LogP contribution in [0.1, 0.15) is 18.1 Å². The van der Waals surface area contributed by atoms with Crippen molar-refractivity contribution in [2.75, 3.05) is 0 Å². The zero-order chi connectivity index (χ0) is 20.9. The Balaban J connectivity index is 1.68. The molecule has 0 radical (unpaired) electrons. The van der Waals surface area contributed by atoms with E-state index < -0.39 is 5.82 Å². The van der Waals surface area contributed by atoms with Crippen LogP contribution in [-0.4, -0.2) is 4.98 Å². The highest BCUT2D eigenvalue weighted by Gasteiger charge is 2.17. The molecule has 30 heavy (non-hydrogen) atoms. The third-order valence-corrected chi connectivity index (χ3v) is 4.88. The number of rotatable bonds is 5. The van der Waals surface area contributed by atoms with Crippen molar-refractivity contribution in [1.29, 1.82) is 5.26 Å². The van der Waals surface area contributed by atoms with Crippen molar-refractivity contribution >= 4 is 0 Å². The molecule has 3 nitrogen and oxygen atoms in total. The number of aromatic nitrogens is 1. The fraction of sp³-hybridized carbons (Fsp3) is 0.0769. The van der Waals surface area contributed by atoms with Crippen LogP contribution in [0.5, 0.6) is 11.5 Å². The topological polar surface area (TPSA) is 45.9 Å². The highest BCUT2D eigenvalue weighted by Crippen LogP contribution is 2.32. The van der Waals surface area contributed by atoms with Crippen LogP contribution in [0.15, 0.2) is 85.1 Å². The molecule has 0 aliphatic carbocycles. The number of benzene rings is 3. The lowest BCUT2D eigenvalue weighted by atomic mass is 9.98. The van der Waals surface area contributed by atoms with Gasteiger partial charge in [0.05, 0.1) is 5.56 Å². The number of pyridine rings is 1. The van der Waals surface area contributed by atoms with Crippen molar-refractivity contribution in [3.63, 3.8) is 0 Å². The summed E-state index contributed by atoms with van der Waals surface area (Å²) in [6, 6.07) is 26.2. The molecule has 0 aliphatic rings. The van der Waals surface area contributed by atoms with E-state index in [1.165, 1.54) is 0 Å². The first-order chi connectivity index (χ1) is 14.7. The van der Waals surface area contributed by atoms with Crippen LogP contribution in [0, 0.1) is 17.1 Å². The summed E-state index contributed by atoms with van der Waals surface area (Å²) in [5.41, 5.74) is 3.09. The van der Waals surface area contributed by atoms with Gasteiger partial charge in [0, 0.05) is 17.3 Å². The van der Waals surface area contributed by atoms with Gasteiger partial charge in [-0.05, 0) is 47.9 Å². The molecule has 0 saturated carbocycles. The van der Waals surface area contributed by atoms with E-state index in [0.717, 1.165) is 17.7 Å². The predicted octanol–water partition coefficient (Wildman–Crippen LogP) is 6.78. The smallest absolute Gasteiger partial charge is 0.167 e. The Labute approximate surface area is 175 Å². The van der Waals surface area contributed by atoms with Gasteiger partial charge in [-0.25, -0.2) is 4.39 Å². The highest BCUT2D eigenvalue weighted by atomic mass is 19.1. The van der Waals surface area contributed by atoms with Crippen molar-refractivity contribution in [2.45, 2.75) is 13.3 Å². The molecule has 0 spiro atoms. The molecule has 146 valence electrons. The van der Waals surface area contributed by atoms with Crippen LogP contribution in [-0.2, 0) is 6.42 Å². The third kappa shape index (κ3) is 3.92. The van der Waals surface area contributed by atoms with Gasteiger partial charge in [-0.2, -0.15) is 5.26 Å². The number of nitriles is 1. The molecule has 4 heteroatoms. The Hall–Kier alpha value is -3.97. The molecule has 4 aromatic rings. The standard InChI is InChI=1S/C26H19FN2O/c1-2-18-7-6-8-20(15-18)26-25(27)23(16-28)24(17-29-26)19-11-13-22(14-12-19)30-21-9-4-3-5-10-21/h3-15,17H,2H2,1H3. The van der Waals surface area contributed by atoms with Gasteiger partial charge in [0.1, 0.15) is 23.3 Å². The van der Waals surface area contributed by atoms with Gasteiger partial charge in [-0.1, -0.05) is 55.5 Å². The predicted molar refractivity (Wildman–Crippen MR) is 116 cm³/mol. The molecule has 0 atom stereocenters. The van der Waals surface area contributed by atoms with Crippen molar-refractivity contribution in [2.24, 2.45) is 0 Å². The number of ether oxygens (including phenoxy) is 1. The molecule has 0 unspecified atom stereocenters. The monoisotopic (exact) mass is 394 g/mol. The average Bonchev–Trinajstić information content (AvgIpc) is 2.80. The van der Waals surface area contributed by atoms with Crippen molar-refractivity contribution < 1.29 is 9.13 Å². The second-order valence-corrected chi connectivity index (χ2v) is 6.81. The maximum atomic E-state index is 15.2. The largest absolute Gasteiger partial charge is 0.457 e. The van der Waals surface area contributed by atoms with Crippen LogP contribution in [0.2, 0.25) is 0 Å².